The van der Waals surface area contributed by atoms with Gasteiger partial charge in [-0.3, -0.25) is 0 Å². The van der Waals surface area contributed by atoms with Crippen molar-refractivity contribution in [2.45, 2.75) is 6.18 Å². The van der Waals surface area contributed by atoms with Gasteiger partial charge < -0.3 is 5.11 Å². The summed E-state index contributed by atoms with van der Waals surface area (Å²) in [5.41, 5.74) is -1.28. The van der Waals surface area contributed by atoms with Crippen molar-refractivity contribution in [3.63, 3.8) is 0 Å². The van der Waals surface area contributed by atoms with Crippen LogP contribution in [-0.4, -0.2) is 11.1 Å². The number of carbonyl (C=O) groups is 1. The molecule has 0 aliphatic heterocycles. The van der Waals surface area contributed by atoms with E-state index >= 15 is 0 Å². The zero-order valence-electron chi connectivity index (χ0n) is 6.60. The van der Waals surface area contributed by atoms with Crippen LogP contribution >= 0.6 is 22.6 Å². The van der Waals surface area contributed by atoms with Gasteiger partial charge in [0.05, 0.1) is 11.1 Å². The van der Waals surface area contributed by atoms with Crippen molar-refractivity contribution in [1.82, 2.24) is 0 Å². The Morgan fingerprint density at radius 2 is 1.93 bits per heavy atom. The molecule has 0 unspecified atom stereocenters. The van der Waals surface area contributed by atoms with E-state index in [-0.39, 0.29) is 9.13 Å². The normalized spacial score (nSPS) is 11.4. The first-order chi connectivity index (χ1) is 6.32. The fourth-order valence-corrected chi connectivity index (χ4v) is 1.52. The molecule has 1 aromatic rings. The summed E-state index contributed by atoms with van der Waals surface area (Å²) in [6, 6.07) is 2.90. The Hall–Kier alpha value is -0.790. The van der Waals surface area contributed by atoms with Crippen molar-refractivity contribution >= 4 is 28.6 Å². The summed E-state index contributed by atoms with van der Waals surface area (Å²) < 4.78 is 36.9. The third kappa shape index (κ3) is 2.37. The number of benzene rings is 1. The second kappa shape index (κ2) is 3.76. The van der Waals surface area contributed by atoms with Crippen LogP contribution in [0.25, 0.3) is 0 Å². The molecule has 14 heavy (non-hydrogen) atoms. The highest BCUT2D eigenvalue weighted by Crippen LogP contribution is 2.33. The molecule has 76 valence electrons. The summed E-state index contributed by atoms with van der Waals surface area (Å²) in [6.07, 6.45) is -4.51. The van der Waals surface area contributed by atoms with Crippen LogP contribution in [0.2, 0.25) is 0 Å². The summed E-state index contributed by atoms with van der Waals surface area (Å²) in [5, 5.41) is 8.50. The van der Waals surface area contributed by atoms with Gasteiger partial charge in [0.1, 0.15) is 0 Å². The van der Waals surface area contributed by atoms with Gasteiger partial charge >= 0.3 is 12.1 Å². The number of hydrogen-bond donors (Lipinski definition) is 1. The van der Waals surface area contributed by atoms with Gasteiger partial charge in [-0.1, -0.05) is 0 Å². The predicted molar refractivity (Wildman–Crippen MR) is 51.1 cm³/mol. The van der Waals surface area contributed by atoms with Crippen molar-refractivity contribution in [3.8, 4) is 0 Å². The van der Waals surface area contributed by atoms with Crippen LogP contribution in [-0.2, 0) is 6.18 Å². The van der Waals surface area contributed by atoms with Gasteiger partial charge in [0.15, 0.2) is 0 Å². The molecule has 0 radical (unpaired) electrons. The minimum absolute atomic E-state index is 0.0138. The number of rotatable bonds is 1. The van der Waals surface area contributed by atoms with Crippen molar-refractivity contribution < 1.29 is 23.1 Å². The fraction of sp³-hybridized carbons (Fsp3) is 0.125. The van der Waals surface area contributed by atoms with E-state index in [9.17, 15) is 18.0 Å². The standard InChI is InChI=1S/C8H4F3IO2/c9-8(10,11)5-3-4(7(13)14)1-2-6(5)12/h1-3H,(H,13,14). The zero-order chi connectivity index (χ0) is 10.9. The largest absolute Gasteiger partial charge is 0.478 e. The summed E-state index contributed by atoms with van der Waals surface area (Å²) >= 11 is 1.51. The monoisotopic (exact) mass is 316 g/mol. The number of aromatic carboxylic acids is 1. The molecule has 0 saturated carbocycles. The minimum atomic E-state index is -4.51. The minimum Gasteiger partial charge on any atom is -0.478 e. The van der Waals surface area contributed by atoms with E-state index in [2.05, 4.69) is 0 Å². The summed E-state index contributed by atoms with van der Waals surface area (Å²) in [7, 11) is 0. The number of carboxylic acid groups (broad SMARTS) is 1. The first-order valence-corrected chi connectivity index (χ1v) is 4.50. The van der Waals surface area contributed by atoms with Crippen LogP contribution in [0, 0.1) is 3.57 Å². The maximum atomic E-state index is 12.3. The van der Waals surface area contributed by atoms with Gasteiger partial charge in [-0.2, -0.15) is 13.2 Å². The third-order valence-corrected chi connectivity index (χ3v) is 2.46. The van der Waals surface area contributed by atoms with E-state index in [0.717, 1.165) is 12.1 Å². The molecule has 0 atom stereocenters. The molecule has 0 amide bonds. The summed E-state index contributed by atoms with van der Waals surface area (Å²) in [4.78, 5) is 10.4. The lowest BCUT2D eigenvalue weighted by molar-refractivity contribution is -0.138. The van der Waals surface area contributed by atoms with E-state index in [1.807, 2.05) is 0 Å². The zero-order valence-corrected chi connectivity index (χ0v) is 8.76. The van der Waals surface area contributed by atoms with Gasteiger partial charge in [0.2, 0.25) is 0 Å². The number of halogens is 4. The molecule has 1 aromatic carbocycles. The Balaban J connectivity index is 3.29. The second-order valence-corrected chi connectivity index (χ2v) is 3.66. The van der Waals surface area contributed by atoms with Crippen molar-refractivity contribution in [3.05, 3.63) is 32.9 Å². The molecular weight excluding hydrogens is 312 g/mol. The van der Waals surface area contributed by atoms with Crippen molar-refractivity contribution in [2.75, 3.05) is 0 Å². The van der Waals surface area contributed by atoms with Crippen molar-refractivity contribution in [1.29, 1.82) is 0 Å². The van der Waals surface area contributed by atoms with E-state index in [0.29, 0.717) is 6.07 Å². The molecule has 0 aromatic heterocycles. The maximum absolute atomic E-state index is 12.3. The lowest BCUT2D eigenvalue weighted by atomic mass is 10.1. The Morgan fingerprint density at radius 1 is 1.36 bits per heavy atom. The highest BCUT2D eigenvalue weighted by atomic mass is 127. The first kappa shape index (κ1) is 11.3. The lowest BCUT2D eigenvalue weighted by Crippen LogP contribution is -2.09. The van der Waals surface area contributed by atoms with E-state index < -0.39 is 17.7 Å². The van der Waals surface area contributed by atoms with Crippen molar-refractivity contribution in [2.24, 2.45) is 0 Å². The molecule has 6 heteroatoms. The molecule has 1 N–H and O–H groups in total. The summed E-state index contributed by atoms with van der Waals surface area (Å²) in [6.45, 7) is 0. The molecular formula is C8H4F3IO2. The van der Waals surface area contributed by atoms with E-state index in [4.69, 9.17) is 5.11 Å². The van der Waals surface area contributed by atoms with Crippen LogP contribution in [0.5, 0.6) is 0 Å². The number of alkyl halides is 3. The smallest absolute Gasteiger partial charge is 0.417 e. The molecule has 2 nitrogen and oxygen atoms in total. The average Bonchev–Trinajstić information content (AvgIpc) is 2.02. The summed E-state index contributed by atoms with van der Waals surface area (Å²) in [5.74, 6) is -1.37. The van der Waals surface area contributed by atoms with Gasteiger partial charge in [0, 0.05) is 3.57 Å². The second-order valence-electron chi connectivity index (χ2n) is 2.50. The Kier molecular flexibility index (Phi) is 3.03. The fourth-order valence-electron chi connectivity index (χ4n) is 0.876. The lowest BCUT2D eigenvalue weighted by Gasteiger charge is -2.09. The van der Waals surface area contributed by atoms with Crippen LogP contribution in [0.1, 0.15) is 15.9 Å². The SMILES string of the molecule is O=C(O)c1ccc(I)c(C(F)(F)F)c1. The predicted octanol–water partition coefficient (Wildman–Crippen LogP) is 3.01. The highest BCUT2D eigenvalue weighted by molar-refractivity contribution is 14.1. The first-order valence-electron chi connectivity index (χ1n) is 3.42. The molecule has 0 saturated heterocycles. The molecule has 0 aliphatic rings. The van der Waals surface area contributed by atoms with Crippen LogP contribution < -0.4 is 0 Å². The van der Waals surface area contributed by atoms with E-state index in [1.165, 1.54) is 22.6 Å². The molecule has 1 rings (SSSR count). The Labute approximate surface area is 90.9 Å². The third-order valence-electron chi connectivity index (χ3n) is 1.52. The van der Waals surface area contributed by atoms with Crippen LogP contribution in [0.15, 0.2) is 18.2 Å². The van der Waals surface area contributed by atoms with Gasteiger partial charge in [-0.05, 0) is 40.8 Å². The topological polar surface area (TPSA) is 37.3 Å². The number of hydrogen-bond acceptors (Lipinski definition) is 1. The molecule has 0 spiro atoms. The van der Waals surface area contributed by atoms with Gasteiger partial charge in [0.25, 0.3) is 0 Å². The molecule has 0 aliphatic carbocycles. The molecule has 0 bridgehead atoms. The average molecular weight is 316 g/mol. The molecule has 0 fully saturated rings. The quantitative estimate of drug-likeness (QED) is 0.809. The van der Waals surface area contributed by atoms with Crippen LogP contribution in [0.3, 0.4) is 0 Å². The van der Waals surface area contributed by atoms with E-state index in [1.54, 1.807) is 0 Å². The Bertz CT molecular complexity index is 373. The number of carboxylic acids is 1. The molecule has 0 heterocycles. The highest BCUT2D eigenvalue weighted by Gasteiger charge is 2.33. The maximum Gasteiger partial charge on any atom is 0.417 e. The van der Waals surface area contributed by atoms with Crippen LogP contribution in [0.4, 0.5) is 13.2 Å². The van der Waals surface area contributed by atoms with Gasteiger partial charge in [-0.15, -0.1) is 0 Å². The Morgan fingerprint density at radius 3 is 2.36 bits per heavy atom. The van der Waals surface area contributed by atoms with Gasteiger partial charge in [-0.25, -0.2) is 4.79 Å².